The van der Waals surface area contributed by atoms with Gasteiger partial charge in [0.1, 0.15) is 12.7 Å². The smallest absolute Gasteiger partial charge is 0.359 e. The normalized spacial score (nSPS) is 14.3. The first-order valence-corrected chi connectivity index (χ1v) is 7.16. The predicted molar refractivity (Wildman–Crippen MR) is 76.0 cm³/mol. The van der Waals surface area contributed by atoms with Crippen LogP contribution in [-0.2, 0) is 16.6 Å². The highest BCUT2D eigenvalue weighted by atomic mass is 32.1. The van der Waals surface area contributed by atoms with Gasteiger partial charge < -0.3 is 9.30 Å². The Hall–Kier alpha value is -1.87. The van der Waals surface area contributed by atoms with E-state index in [1.807, 2.05) is 24.3 Å². The molecule has 1 aromatic carbocycles. The molecule has 1 amide bonds. The molecule has 0 spiro atoms. The highest BCUT2D eigenvalue weighted by Gasteiger charge is 2.29. The number of fused-ring (bicyclic) bond motifs is 1. The molecule has 120 valence electrons. The van der Waals surface area contributed by atoms with E-state index in [1.165, 1.54) is 18.3 Å². The summed E-state index contributed by atoms with van der Waals surface area (Å²) in [6.45, 7) is -0.236. The molecule has 1 aromatic heterocycles. The van der Waals surface area contributed by atoms with Gasteiger partial charge >= 0.3 is 6.18 Å². The van der Waals surface area contributed by atoms with Crippen LogP contribution in [0.2, 0.25) is 0 Å². The Morgan fingerprint density at radius 3 is 2.77 bits per heavy atom. The van der Waals surface area contributed by atoms with Crippen molar-refractivity contribution in [3.05, 3.63) is 29.1 Å². The van der Waals surface area contributed by atoms with E-state index in [4.69, 9.17) is 0 Å². The van der Waals surface area contributed by atoms with Gasteiger partial charge in [0.05, 0.1) is 10.2 Å². The van der Waals surface area contributed by atoms with Gasteiger partial charge in [0, 0.05) is 7.05 Å². The van der Waals surface area contributed by atoms with Crippen LogP contribution in [-0.4, -0.2) is 29.4 Å². The summed E-state index contributed by atoms with van der Waals surface area (Å²) >= 11 is 1.36. The zero-order valence-corrected chi connectivity index (χ0v) is 12.7. The number of aryl methyl sites for hydroxylation is 1. The molecule has 2 aromatic rings. The van der Waals surface area contributed by atoms with Gasteiger partial charge in [-0.05, 0) is 19.1 Å². The van der Waals surface area contributed by atoms with Crippen LogP contribution in [0.4, 0.5) is 13.2 Å². The van der Waals surface area contributed by atoms with Crippen LogP contribution in [0, 0.1) is 0 Å². The molecule has 0 radical (unpaired) electrons. The Kier molecular flexibility index (Phi) is 4.87. The van der Waals surface area contributed by atoms with E-state index in [-0.39, 0.29) is 0 Å². The number of carbonyl (C=O) groups is 1. The zero-order chi connectivity index (χ0) is 16.3. The van der Waals surface area contributed by atoms with Crippen LogP contribution < -0.4 is 10.2 Å². The third kappa shape index (κ3) is 4.08. The maximum atomic E-state index is 12.0. The minimum atomic E-state index is -4.47. The van der Waals surface area contributed by atoms with Gasteiger partial charge in [0.2, 0.25) is 4.80 Å². The molecular weight excluding hydrogens is 319 g/mol. The molecule has 1 heterocycles. The third-order valence-corrected chi connectivity index (χ3v) is 3.96. The summed E-state index contributed by atoms with van der Waals surface area (Å²) in [5, 5.41) is 3.93. The summed E-state index contributed by atoms with van der Waals surface area (Å²) in [4.78, 5) is 12.2. The van der Waals surface area contributed by atoms with Crippen molar-refractivity contribution in [1.82, 2.24) is 9.99 Å². The number of hydrogen-bond donors (Lipinski definition) is 1. The lowest BCUT2D eigenvalue weighted by Gasteiger charge is -2.12. The lowest BCUT2D eigenvalue weighted by Crippen LogP contribution is -2.35. The second-order valence-corrected chi connectivity index (χ2v) is 5.58. The summed E-state index contributed by atoms with van der Waals surface area (Å²) in [5.74, 6) is -0.735. The summed E-state index contributed by atoms with van der Waals surface area (Å²) in [7, 11) is 1.79. The molecule has 0 aliphatic heterocycles. The minimum Gasteiger partial charge on any atom is -0.359 e. The molecule has 0 fully saturated rings. The average molecular weight is 333 g/mol. The van der Waals surface area contributed by atoms with E-state index in [9.17, 15) is 18.0 Å². The van der Waals surface area contributed by atoms with Crippen LogP contribution in [0.3, 0.4) is 0 Å². The number of alkyl halides is 3. The van der Waals surface area contributed by atoms with E-state index in [1.54, 1.807) is 11.6 Å². The highest BCUT2D eigenvalue weighted by Crippen LogP contribution is 2.16. The van der Waals surface area contributed by atoms with Crippen molar-refractivity contribution >= 4 is 27.5 Å². The second kappa shape index (κ2) is 6.49. The minimum absolute atomic E-state index is 0.526. The van der Waals surface area contributed by atoms with Gasteiger partial charge in [-0.3, -0.25) is 4.79 Å². The molecule has 0 aliphatic rings. The van der Waals surface area contributed by atoms with Crippen molar-refractivity contribution < 1.29 is 22.7 Å². The fourth-order valence-electron chi connectivity index (χ4n) is 1.68. The lowest BCUT2D eigenvalue weighted by molar-refractivity contribution is -0.185. The Labute approximate surface area is 128 Å². The number of nitrogens with zero attached hydrogens (tertiary/aromatic N) is 2. The molecule has 0 saturated heterocycles. The van der Waals surface area contributed by atoms with Crippen molar-refractivity contribution in [2.45, 2.75) is 19.2 Å². The van der Waals surface area contributed by atoms with E-state index in [2.05, 4.69) is 15.3 Å². The topological polar surface area (TPSA) is 55.6 Å². The predicted octanol–water partition coefficient (Wildman–Crippen LogP) is 2.14. The van der Waals surface area contributed by atoms with Gasteiger partial charge in [-0.25, -0.2) is 5.43 Å². The van der Waals surface area contributed by atoms with Gasteiger partial charge in [-0.2, -0.15) is 13.2 Å². The molecule has 0 bridgehead atoms. The number of nitrogens with one attached hydrogen (secondary N) is 1. The number of carbonyl (C=O) groups excluding carboxylic acids is 1. The van der Waals surface area contributed by atoms with Crippen molar-refractivity contribution in [2.75, 3.05) is 6.61 Å². The number of aromatic nitrogens is 1. The first-order valence-electron chi connectivity index (χ1n) is 6.34. The molecule has 1 atom stereocenters. The SMILES string of the molecule is CC(OCC(F)(F)F)C(=O)N/N=c1/sc2ccccc2n1C. The van der Waals surface area contributed by atoms with E-state index >= 15 is 0 Å². The van der Waals surface area contributed by atoms with Gasteiger partial charge in [-0.15, -0.1) is 5.10 Å². The Morgan fingerprint density at radius 1 is 1.45 bits per heavy atom. The molecule has 2 rings (SSSR count). The molecule has 5 nitrogen and oxygen atoms in total. The monoisotopic (exact) mass is 333 g/mol. The molecule has 9 heteroatoms. The summed E-state index contributed by atoms with van der Waals surface area (Å²) < 4.78 is 43.3. The number of halogens is 3. The van der Waals surface area contributed by atoms with Gasteiger partial charge in [0.15, 0.2) is 0 Å². The number of thiazole rings is 1. The fraction of sp³-hybridized carbons (Fsp3) is 0.385. The van der Waals surface area contributed by atoms with E-state index in [0.717, 1.165) is 10.2 Å². The van der Waals surface area contributed by atoms with Crippen LogP contribution in [0.1, 0.15) is 6.92 Å². The number of benzene rings is 1. The standard InChI is InChI=1S/C13H14F3N3O2S/c1-8(21-7-13(14,15)16)11(20)17-18-12-19(2)9-5-3-4-6-10(9)22-12/h3-6,8H,7H2,1-2H3,(H,17,20)/b18-12+. The summed E-state index contributed by atoms with van der Waals surface area (Å²) in [6, 6.07) is 7.58. The Bertz CT molecular complexity index is 736. The molecular formula is C13H14F3N3O2S. The number of para-hydroxylation sites is 1. The maximum absolute atomic E-state index is 12.0. The molecule has 0 aliphatic carbocycles. The number of rotatable bonds is 4. The van der Waals surface area contributed by atoms with Crippen LogP contribution in [0.15, 0.2) is 29.4 Å². The maximum Gasteiger partial charge on any atom is 0.411 e. The van der Waals surface area contributed by atoms with Crippen molar-refractivity contribution in [1.29, 1.82) is 0 Å². The summed E-state index contributed by atoms with van der Waals surface area (Å²) in [6.07, 6.45) is -5.71. The Balaban J connectivity index is 2.06. The van der Waals surface area contributed by atoms with E-state index in [0.29, 0.717) is 4.80 Å². The molecule has 1 N–H and O–H groups in total. The van der Waals surface area contributed by atoms with Crippen LogP contribution >= 0.6 is 11.3 Å². The first-order chi connectivity index (χ1) is 10.3. The van der Waals surface area contributed by atoms with E-state index < -0.39 is 24.8 Å². The van der Waals surface area contributed by atoms with Crippen molar-refractivity contribution in [3.8, 4) is 0 Å². The Morgan fingerprint density at radius 2 is 2.14 bits per heavy atom. The quantitative estimate of drug-likeness (QED) is 0.872. The average Bonchev–Trinajstić information content (AvgIpc) is 2.78. The second-order valence-electron chi connectivity index (χ2n) is 4.57. The first kappa shape index (κ1) is 16.5. The van der Waals surface area contributed by atoms with Gasteiger partial charge in [0.25, 0.3) is 5.91 Å². The fourth-order valence-corrected chi connectivity index (χ4v) is 2.66. The number of ether oxygens (including phenoxy) is 1. The van der Waals surface area contributed by atoms with Crippen LogP contribution in [0.25, 0.3) is 10.2 Å². The number of hydrogen-bond acceptors (Lipinski definition) is 4. The molecule has 1 unspecified atom stereocenters. The van der Waals surface area contributed by atoms with Crippen molar-refractivity contribution in [3.63, 3.8) is 0 Å². The van der Waals surface area contributed by atoms with Crippen molar-refractivity contribution in [2.24, 2.45) is 12.1 Å². The third-order valence-electron chi connectivity index (χ3n) is 2.84. The lowest BCUT2D eigenvalue weighted by atomic mass is 10.3. The largest absolute Gasteiger partial charge is 0.411 e. The molecule has 0 saturated carbocycles. The summed E-state index contributed by atoms with van der Waals surface area (Å²) in [5.41, 5.74) is 3.17. The van der Waals surface area contributed by atoms with Gasteiger partial charge in [-0.1, -0.05) is 23.5 Å². The highest BCUT2D eigenvalue weighted by molar-refractivity contribution is 7.16. The zero-order valence-electron chi connectivity index (χ0n) is 11.8. The molecule has 22 heavy (non-hydrogen) atoms. The number of amides is 1. The van der Waals surface area contributed by atoms with Crippen LogP contribution in [0.5, 0.6) is 0 Å².